The monoisotopic (exact) mass is 234 g/mol. The average Bonchev–Trinajstić information content (AvgIpc) is 2.70. The first-order valence-corrected chi connectivity index (χ1v) is 6.34. The molecule has 0 fully saturated rings. The Kier molecular flexibility index (Phi) is 4.54. The summed E-state index contributed by atoms with van der Waals surface area (Å²) in [6.07, 6.45) is 2.70. The molecule has 0 radical (unpaired) electrons. The van der Waals surface area contributed by atoms with Crippen molar-refractivity contribution in [3.05, 3.63) is 24.2 Å². The van der Waals surface area contributed by atoms with E-state index in [2.05, 4.69) is 0 Å². The normalized spacial score (nSPS) is 14.1. The molecular formula is C9H15O5P. The van der Waals surface area contributed by atoms with E-state index in [9.17, 15) is 9.67 Å². The van der Waals surface area contributed by atoms with Gasteiger partial charge in [0.1, 0.15) is 0 Å². The van der Waals surface area contributed by atoms with Crippen LogP contribution < -0.4 is 0 Å². The average molecular weight is 234 g/mol. The molecule has 1 aromatic heterocycles. The van der Waals surface area contributed by atoms with Gasteiger partial charge in [0.2, 0.25) is 0 Å². The maximum Gasteiger partial charge on any atom is 0.363 e. The van der Waals surface area contributed by atoms with Crippen molar-refractivity contribution in [3.63, 3.8) is 0 Å². The minimum atomic E-state index is -3.50. The fourth-order valence-corrected chi connectivity index (χ4v) is 2.73. The Balaban J connectivity index is 2.84. The molecule has 0 saturated heterocycles. The van der Waals surface area contributed by atoms with E-state index in [0.29, 0.717) is 5.56 Å². The van der Waals surface area contributed by atoms with Crippen molar-refractivity contribution in [2.24, 2.45) is 0 Å². The molecule has 0 spiro atoms. The highest BCUT2D eigenvalue weighted by molar-refractivity contribution is 7.54. The predicted molar refractivity (Wildman–Crippen MR) is 54.5 cm³/mol. The lowest BCUT2D eigenvalue weighted by Gasteiger charge is -2.21. The van der Waals surface area contributed by atoms with E-state index in [0.717, 1.165) is 0 Å². The lowest BCUT2D eigenvalue weighted by Crippen LogP contribution is -2.05. The second-order valence-corrected chi connectivity index (χ2v) is 4.89. The molecule has 6 heteroatoms. The number of hydrogen-bond donors (Lipinski definition) is 1. The number of hydrogen-bond acceptors (Lipinski definition) is 5. The van der Waals surface area contributed by atoms with Gasteiger partial charge in [0.05, 0.1) is 25.7 Å². The molecule has 0 saturated carbocycles. The van der Waals surface area contributed by atoms with Crippen molar-refractivity contribution in [2.75, 3.05) is 13.2 Å². The first-order chi connectivity index (χ1) is 7.14. The van der Waals surface area contributed by atoms with Gasteiger partial charge in [-0.1, -0.05) is 0 Å². The summed E-state index contributed by atoms with van der Waals surface area (Å²) < 4.78 is 26.9. The van der Waals surface area contributed by atoms with E-state index in [1.165, 1.54) is 18.6 Å². The van der Waals surface area contributed by atoms with Gasteiger partial charge >= 0.3 is 7.60 Å². The third-order valence-electron chi connectivity index (χ3n) is 1.76. The number of rotatable bonds is 6. The van der Waals surface area contributed by atoms with E-state index in [1.807, 2.05) is 0 Å². The van der Waals surface area contributed by atoms with Crippen LogP contribution in [0.25, 0.3) is 0 Å². The Hall–Kier alpha value is -0.610. The van der Waals surface area contributed by atoms with Crippen LogP contribution in [0, 0.1) is 0 Å². The first kappa shape index (κ1) is 12.5. The van der Waals surface area contributed by atoms with Crippen LogP contribution in [0.4, 0.5) is 0 Å². The summed E-state index contributed by atoms with van der Waals surface area (Å²) >= 11 is 0. The van der Waals surface area contributed by atoms with Crippen molar-refractivity contribution >= 4 is 7.60 Å². The Labute approximate surface area is 88.5 Å². The summed E-state index contributed by atoms with van der Waals surface area (Å²) in [6.45, 7) is 3.81. The van der Waals surface area contributed by atoms with E-state index in [1.54, 1.807) is 13.8 Å². The Morgan fingerprint density at radius 1 is 1.47 bits per heavy atom. The molecule has 1 rings (SSSR count). The molecule has 0 aliphatic rings. The van der Waals surface area contributed by atoms with Gasteiger partial charge < -0.3 is 18.6 Å². The topological polar surface area (TPSA) is 68.9 Å². The van der Waals surface area contributed by atoms with Crippen molar-refractivity contribution in [1.82, 2.24) is 0 Å². The van der Waals surface area contributed by atoms with Gasteiger partial charge in [-0.05, 0) is 19.9 Å². The second kappa shape index (κ2) is 5.47. The summed E-state index contributed by atoms with van der Waals surface area (Å²) in [7, 11) is -3.50. The number of aliphatic hydroxyl groups excluding tert-OH is 1. The SMILES string of the molecule is CCOP(=O)(OCC)[C@H](O)c1ccoc1. The Morgan fingerprint density at radius 3 is 2.47 bits per heavy atom. The predicted octanol–water partition coefficient (Wildman–Crippen LogP) is 2.54. The zero-order valence-electron chi connectivity index (χ0n) is 8.75. The molecule has 1 N–H and O–H groups in total. The van der Waals surface area contributed by atoms with Gasteiger partial charge in [-0.2, -0.15) is 0 Å². The summed E-state index contributed by atoms with van der Waals surface area (Å²) in [6, 6.07) is 1.52. The molecule has 15 heavy (non-hydrogen) atoms. The highest BCUT2D eigenvalue weighted by Gasteiger charge is 2.35. The maximum atomic E-state index is 12.1. The van der Waals surface area contributed by atoms with E-state index in [-0.39, 0.29) is 13.2 Å². The smallest absolute Gasteiger partial charge is 0.363 e. The lowest BCUT2D eigenvalue weighted by atomic mass is 10.4. The maximum absolute atomic E-state index is 12.1. The minimum absolute atomic E-state index is 0.214. The van der Waals surface area contributed by atoms with Gasteiger partial charge in [-0.25, -0.2) is 0 Å². The molecule has 5 nitrogen and oxygen atoms in total. The fraction of sp³-hybridized carbons (Fsp3) is 0.556. The van der Waals surface area contributed by atoms with Crippen molar-refractivity contribution < 1.29 is 23.1 Å². The van der Waals surface area contributed by atoms with Crippen LogP contribution in [0.5, 0.6) is 0 Å². The van der Waals surface area contributed by atoms with Crippen LogP contribution in [0.1, 0.15) is 25.3 Å². The third-order valence-corrected chi connectivity index (χ3v) is 3.89. The lowest BCUT2D eigenvalue weighted by molar-refractivity contribution is 0.149. The van der Waals surface area contributed by atoms with Crippen LogP contribution in [0.3, 0.4) is 0 Å². The summed E-state index contributed by atoms with van der Waals surface area (Å²) in [5, 5.41) is 9.82. The molecule has 0 aliphatic carbocycles. The van der Waals surface area contributed by atoms with E-state index >= 15 is 0 Å². The molecule has 0 aliphatic heterocycles. The van der Waals surface area contributed by atoms with Gasteiger partial charge in [-0.15, -0.1) is 0 Å². The van der Waals surface area contributed by atoms with Crippen molar-refractivity contribution in [3.8, 4) is 0 Å². The largest absolute Gasteiger partial charge is 0.472 e. The van der Waals surface area contributed by atoms with Crippen molar-refractivity contribution in [2.45, 2.75) is 19.7 Å². The Morgan fingerprint density at radius 2 is 2.07 bits per heavy atom. The molecule has 0 aromatic carbocycles. The van der Waals surface area contributed by atoms with Crippen LogP contribution in [-0.4, -0.2) is 18.3 Å². The molecule has 86 valence electrons. The minimum Gasteiger partial charge on any atom is -0.472 e. The van der Waals surface area contributed by atoms with Crippen LogP contribution >= 0.6 is 7.60 Å². The highest BCUT2D eigenvalue weighted by Crippen LogP contribution is 2.59. The van der Waals surface area contributed by atoms with Crippen LogP contribution in [-0.2, 0) is 13.6 Å². The van der Waals surface area contributed by atoms with Gasteiger partial charge in [0, 0.05) is 5.56 Å². The summed E-state index contributed by atoms with van der Waals surface area (Å²) in [4.78, 5) is 0. The fourth-order valence-electron chi connectivity index (χ4n) is 1.14. The number of aliphatic hydroxyl groups is 1. The quantitative estimate of drug-likeness (QED) is 0.766. The summed E-state index contributed by atoms with van der Waals surface area (Å²) in [5.74, 6) is -1.30. The zero-order valence-corrected chi connectivity index (χ0v) is 9.65. The van der Waals surface area contributed by atoms with Gasteiger partial charge in [0.15, 0.2) is 5.85 Å². The summed E-state index contributed by atoms with van der Waals surface area (Å²) in [5.41, 5.74) is 0.389. The molecule has 0 unspecified atom stereocenters. The zero-order chi connectivity index (χ0) is 11.3. The van der Waals surface area contributed by atoms with Gasteiger partial charge in [-0.3, -0.25) is 4.57 Å². The Bertz CT molecular complexity index is 311. The first-order valence-electron chi connectivity index (χ1n) is 4.73. The molecule has 0 bridgehead atoms. The molecule has 1 aromatic rings. The molecule has 0 amide bonds. The second-order valence-electron chi connectivity index (χ2n) is 2.81. The van der Waals surface area contributed by atoms with Gasteiger partial charge in [0.25, 0.3) is 0 Å². The van der Waals surface area contributed by atoms with Crippen LogP contribution in [0.15, 0.2) is 23.0 Å². The molecular weight excluding hydrogens is 219 g/mol. The van der Waals surface area contributed by atoms with E-state index in [4.69, 9.17) is 13.5 Å². The number of furan rings is 1. The third kappa shape index (κ3) is 2.92. The molecule has 1 heterocycles. The molecule has 1 atom stereocenters. The van der Waals surface area contributed by atoms with Crippen LogP contribution in [0.2, 0.25) is 0 Å². The van der Waals surface area contributed by atoms with Crippen molar-refractivity contribution in [1.29, 1.82) is 0 Å². The van der Waals surface area contributed by atoms with E-state index < -0.39 is 13.4 Å². The standard InChI is InChI=1S/C9H15O5P/c1-3-13-15(11,14-4-2)9(10)8-5-6-12-7-8/h5-7,9-10H,3-4H2,1-2H3/t9-/m0/s1. The highest BCUT2D eigenvalue weighted by atomic mass is 31.2.